The molecule has 0 amide bonds. The molecule has 0 aliphatic carbocycles. The van der Waals surface area contributed by atoms with Gasteiger partial charge in [-0.2, -0.15) is 0 Å². The number of unbranched alkanes of at least 4 members (excludes halogenated alkanes) is 26. The number of rotatable bonds is 28. The van der Waals surface area contributed by atoms with Crippen molar-refractivity contribution >= 4 is 10.4 Å². The second-order valence-electron chi connectivity index (χ2n) is 11.0. The third-order valence-corrected chi connectivity index (χ3v) is 7.02. The van der Waals surface area contributed by atoms with Gasteiger partial charge in [0, 0.05) is 23.6 Å². The van der Waals surface area contributed by atoms with Crippen LogP contribution in [0.1, 0.15) is 194 Å². The monoisotopic (exact) mass is 626 g/mol. The summed E-state index contributed by atoms with van der Waals surface area (Å²) >= 11 is 0. The zero-order chi connectivity index (χ0) is 29.7. The Morgan fingerprint density at radius 3 is 0.610 bits per heavy atom. The molecule has 0 unspecified atom stereocenters. The predicted molar refractivity (Wildman–Crippen MR) is 165 cm³/mol. The van der Waals surface area contributed by atoms with Crippen molar-refractivity contribution in [3.05, 3.63) is 0 Å². The molecule has 2 N–H and O–H groups in total. The molecule has 0 atom stereocenters. The van der Waals surface area contributed by atoms with Gasteiger partial charge in [-0.15, -0.1) is 0 Å². The molecule has 0 spiro atoms. The van der Waals surface area contributed by atoms with Gasteiger partial charge in [0.1, 0.15) is 0 Å². The molecule has 240 valence electrons. The van der Waals surface area contributed by atoms with E-state index in [9.17, 15) is 0 Å². The molecule has 0 rings (SSSR count). The summed E-state index contributed by atoms with van der Waals surface area (Å²) in [5.41, 5.74) is 0. The third-order valence-electron chi connectivity index (χ3n) is 7.02. The van der Waals surface area contributed by atoms with E-state index in [2.05, 4.69) is 13.8 Å². The van der Waals surface area contributed by atoms with Crippen LogP contribution in [0.2, 0.25) is 0 Å². The average Bonchev–Trinajstić information content (AvgIpc) is 2.89. The van der Waals surface area contributed by atoms with Crippen molar-refractivity contribution in [1.82, 2.24) is 0 Å². The van der Waals surface area contributed by atoms with Gasteiger partial charge < -0.3 is 19.3 Å². The summed E-state index contributed by atoms with van der Waals surface area (Å²) in [5.74, 6) is 0. The molecule has 0 saturated carbocycles. The first-order valence-corrected chi connectivity index (χ1v) is 18.0. The molecule has 0 aromatic heterocycles. The van der Waals surface area contributed by atoms with Crippen LogP contribution in [0.15, 0.2) is 0 Å². The topological polar surface area (TPSA) is 121 Å². The Hall–Kier alpha value is 1.79. The van der Waals surface area contributed by atoms with Crippen molar-refractivity contribution in [2.75, 3.05) is 13.2 Å². The maximum atomic E-state index is 8.64. The van der Waals surface area contributed by atoms with Crippen molar-refractivity contribution in [3.63, 3.8) is 0 Å². The number of hydrogen-bond donors (Lipinski definition) is 2. The number of hydrogen-bond acceptors (Lipinski definition) is 6. The van der Waals surface area contributed by atoms with Gasteiger partial charge in [-0.25, -0.2) is 0 Å². The van der Waals surface area contributed by atoms with E-state index in [1.807, 2.05) is 0 Å². The van der Waals surface area contributed by atoms with Gasteiger partial charge >= 0.3 is 59.1 Å². The smallest absolute Gasteiger partial charge is 0.759 e. The standard InChI is InChI=1S/2C16H34O.2Na.H2O4S/c2*1-2-3-4-5-6-7-8-9-10-11-12-13-14-15-16-17;;;1-5(2,3)4/h2*17H,2-16H2,1H3;;;(H2,1,2,3,4)/q;;2*+1;/p-2. The van der Waals surface area contributed by atoms with E-state index in [1.165, 1.54) is 167 Å². The summed E-state index contributed by atoms with van der Waals surface area (Å²) in [7, 11) is -5.17. The summed E-state index contributed by atoms with van der Waals surface area (Å²) in [5, 5.41) is 17.3. The second kappa shape index (κ2) is 48.7. The van der Waals surface area contributed by atoms with Crippen LogP contribution < -0.4 is 59.1 Å². The van der Waals surface area contributed by atoms with Crippen LogP contribution in [0, 0.1) is 0 Å². The van der Waals surface area contributed by atoms with Gasteiger partial charge in [0.25, 0.3) is 0 Å². The Morgan fingerprint density at radius 2 is 0.488 bits per heavy atom. The van der Waals surface area contributed by atoms with Gasteiger partial charge in [-0.3, -0.25) is 8.42 Å². The fraction of sp³-hybridized carbons (Fsp3) is 1.00. The Morgan fingerprint density at radius 1 is 0.366 bits per heavy atom. The van der Waals surface area contributed by atoms with Crippen LogP contribution in [-0.4, -0.2) is 41.0 Å². The van der Waals surface area contributed by atoms with Crippen LogP contribution in [0.4, 0.5) is 0 Å². The van der Waals surface area contributed by atoms with Crippen LogP contribution in [0.5, 0.6) is 0 Å². The first-order chi connectivity index (χ1) is 18.8. The molecule has 41 heavy (non-hydrogen) atoms. The zero-order valence-corrected chi connectivity index (χ0v) is 33.0. The van der Waals surface area contributed by atoms with Crippen molar-refractivity contribution in [2.24, 2.45) is 0 Å². The molecule has 0 bridgehead atoms. The van der Waals surface area contributed by atoms with Gasteiger partial charge in [-0.1, -0.05) is 181 Å². The van der Waals surface area contributed by atoms with Gasteiger partial charge in [0.05, 0.1) is 0 Å². The van der Waals surface area contributed by atoms with Crippen molar-refractivity contribution in [2.45, 2.75) is 194 Å². The van der Waals surface area contributed by atoms with E-state index < -0.39 is 10.4 Å². The average molecular weight is 627 g/mol. The molecule has 0 saturated heterocycles. The molecule has 0 fully saturated rings. The number of aliphatic hydroxyl groups excluding tert-OH is 2. The summed E-state index contributed by atoms with van der Waals surface area (Å²) in [4.78, 5) is 0. The first kappa shape index (κ1) is 52.3. The second-order valence-corrected chi connectivity index (χ2v) is 11.9. The Balaban J connectivity index is -0.000000173. The molecule has 0 heterocycles. The fourth-order valence-electron chi connectivity index (χ4n) is 4.61. The SMILES string of the molecule is CCCCCCCCCCCCCCCCO.CCCCCCCCCCCCCCCCO.O=S(=O)([O-])[O-].[Na+].[Na+]. The predicted octanol–water partition coefficient (Wildman–Crippen LogP) is 3.59. The van der Waals surface area contributed by atoms with E-state index in [-0.39, 0.29) is 59.1 Å². The van der Waals surface area contributed by atoms with E-state index in [1.54, 1.807) is 0 Å². The maximum absolute atomic E-state index is 8.64. The molecule has 6 nitrogen and oxygen atoms in total. The van der Waals surface area contributed by atoms with E-state index in [0.29, 0.717) is 13.2 Å². The minimum atomic E-state index is -5.17. The molecule has 0 radical (unpaired) electrons. The quantitative estimate of drug-likeness (QED) is 0.0593. The van der Waals surface area contributed by atoms with Crippen LogP contribution in [0.25, 0.3) is 0 Å². The molecule has 0 aromatic carbocycles. The van der Waals surface area contributed by atoms with Crippen molar-refractivity contribution in [1.29, 1.82) is 0 Å². The largest absolute Gasteiger partial charge is 1.00 e. The van der Waals surface area contributed by atoms with E-state index in [0.717, 1.165) is 12.8 Å². The molecule has 0 aliphatic heterocycles. The fourth-order valence-corrected chi connectivity index (χ4v) is 4.61. The number of aliphatic hydroxyl groups is 2. The minimum Gasteiger partial charge on any atom is -0.759 e. The van der Waals surface area contributed by atoms with E-state index in [4.69, 9.17) is 27.7 Å². The normalized spacial score (nSPS) is 10.5. The Bertz CT molecular complexity index is 444. The Kier molecular flexibility index (Phi) is 62.1. The molecule has 9 heteroatoms. The summed E-state index contributed by atoms with van der Waals surface area (Å²) in [6.45, 7) is 5.30. The van der Waals surface area contributed by atoms with Gasteiger partial charge in [0.2, 0.25) is 0 Å². The summed E-state index contributed by atoms with van der Waals surface area (Å²) in [6, 6.07) is 0. The van der Waals surface area contributed by atoms with Gasteiger partial charge in [-0.05, 0) is 12.8 Å². The van der Waals surface area contributed by atoms with Crippen molar-refractivity contribution in [3.8, 4) is 0 Å². The molecular formula is C32H68Na2O6S. The third kappa shape index (κ3) is 74.6. The maximum Gasteiger partial charge on any atom is 1.00 e. The summed E-state index contributed by atoms with van der Waals surface area (Å²) in [6.07, 6.45) is 38.4. The van der Waals surface area contributed by atoms with Crippen LogP contribution in [-0.2, 0) is 10.4 Å². The van der Waals surface area contributed by atoms with Crippen LogP contribution in [0.3, 0.4) is 0 Å². The zero-order valence-electron chi connectivity index (χ0n) is 28.1. The molecule has 0 aromatic rings. The van der Waals surface area contributed by atoms with Crippen molar-refractivity contribution < 1.29 is 86.9 Å². The molecule has 0 aliphatic rings. The van der Waals surface area contributed by atoms with Crippen LogP contribution >= 0.6 is 0 Å². The molecular weight excluding hydrogens is 558 g/mol. The van der Waals surface area contributed by atoms with Gasteiger partial charge in [0.15, 0.2) is 0 Å². The summed E-state index contributed by atoms with van der Waals surface area (Å²) < 4.78 is 34.1. The minimum absolute atomic E-state index is 0. The van der Waals surface area contributed by atoms with E-state index >= 15 is 0 Å². The Labute approximate surface area is 301 Å². The first-order valence-electron chi connectivity index (χ1n) is 16.7.